The van der Waals surface area contributed by atoms with Gasteiger partial charge < -0.3 is 14.6 Å². The quantitative estimate of drug-likeness (QED) is 0.271. The minimum absolute atomic E-state index is 0.0786. The molecule has 210 valence electrons. The van der Waals surface area contributed by atoms with Gasteiger partial charge in [0.05, 0.1) is 12.8 Å². The topological polar surface area (TPSA) is 104 Å². The Morgan fingerprint density at radius 1 is 1.08 bits per heavy atom. The van der Waals surface area contributed by atoms with E-state index in [1.165, 1.54) is 12.7 Å². The normalized spacial score (nSPS) is 17.1. The van der Waals surface area contributed by atoms with Crippen LogP contribution in [0.1, 0.15) is 108 Å². The minimum atomic E-state index is -2.95. The fraction of sp³-hybridized carbons (Fsp3) is 0.643. The molecule has 5 rings (SSSR count). The molecule has 0 aliphatic heterocycles. The van der Waals surface area contributed by atoms with Crippen molar-refractivity contribution < 1.29 is 13.5 Å². The summed E-state index contributed by atoms with van der Waals surface area (Å²) in [4.78, 5) is 26.6. The second-order valence-corrected chi connectivity index (χ2v) is 11.3. The smallest absolute Gasteiger partial charge is 0.288 e. The van der Waals surface area contributed by atoms with Crippen LogP contribution in [0.3, 0.4) is 0 Å². The lowest BCUT2D eigenvalue weighted by Crippen LogP contribution is -2.28. The van der Waals surface area contributed by atoms with Crippen molar-refractivity contribution in [2.45, 2.75) is 102 Å². The molecule has 39 heavy (non-hydrogen) atoms. The van der Waals surface area contributed by atoms with Gasteiger partial charge in [0.2, 0.25) is 11.8 Å². The maximum absolute atomic E-state index is 14.2. The lowest BCUT2D eigenvalue weighted by molar-refractivity contribution is 0.0128. The van der Waals surface area contributed by atoms with Crippen LogP contribution in [0.2, 0.25) is 0 Å². The van der Waals surface area contributed by atoms with Gasteiger partial charge in [-0.1, -0.05) is 19.3 Å². The molecule has 0 unspecified atom stereocenters. The van der Waals surface area contributed by atoms with Gasteiger partial charge >= 0.3 is 0 Å². The fourth-order valence-corrected chi connectivity index (χ4v) is 5.73. The number of hydrogen-bond acceptors (Lipinski definition) is 8. The summed E-state index contributed by atoms with van der Waals surface area (Å²) in [5, 5.41) is 3.32. The average molecular weight is 541 g/mol. The van der Waals surface area contributed by atoms with E-state index in [4.69, 9.17) is 4.74 Å². The predicted octanol–water partition coefficient (Wildman–Crippen LogP) is 6.20. The Labute approximate surface area is 228 Å². The molecule has 2 saturated carbocycles. The first kappa shape index (κ1) is 27.3. The van der Waals surface area contributed by atoms with Gasteiger partial charge in [-0.2, -0.15) is 13.8 Å². The van der Waals surface area contributed by atoms with Crippen LogP contribution >= 0.6 is 0 Å². The van der Waals surface area contributed by atoms with Crippen molar-refractivity contribution in [1.82, 2.24) is 34.5 Å². The zero-order valence-electron chi connectivity index (χ0n) is 23.3. The number of aromatic nitrogens is 7. The van der Waals surface area contributed by atoms with Gasteiger partial charge in [-0.15, -0.1) is 0 Å². The SMILES string of the molecule is COc1ncnc(C2CC2)c1-c1ncnc(NCCCCC2(c3nc(C(C)(F)F)cn3C(C)C)CCCC2)n1. The number of halogens is 2. The second-order valence-electron chi connectivity index (χ2n) is 11.3. The fourth-order valence-electron chi connectivity index (χ4n) is 5.73. The van der Waals surface area contributed by atoms with Gasteiger partial charge in [-0.25, -0.2) is 24.9 Å². The molecule has 3 heterocycles. The third kappa shape index (κ3) is 5.86. The molecule has 0 atom stereocenters. The van der Waals surface area contributed by atoms with Crippen LogP contribution in [-0.4, -0.2) is 48.1 Å². The van der Waals surface area contributed by atoms with E-state index in [0.29, 0.717) is 30.1 Å². The van der Waals surface area contributed by atoms with Crippen LogP contribution in [-0.2, 0) is 11.3 Å². The molecular weight excluding hydrogens is 502 g/mol. The Hall–Kier alpha value is -3.24. The van der Waals surface area contributed by atoms with Crippen LogP contribution in [0.15, 0.2) is 18.9 Å². The summed E-state index contributed by atoms with van der Waals surface area (Å²) >= 11 is 0. The van der Waals surface area contributed by atoms with E-state index in [0.717, 1.165) is 81.8 Å². The minimum Gasteiger partial charge on any atom is -0.480 e. The summed E-state index contributed by atoms with van der Waals surface area (Å²) in [5.41, 5.74) is 1.37. The van der Waals surface area contributed by atoms with Gasteiger partial charge in [0.25, 0.3) is 5.92 Å². The van der Waals surface area contributed by atoms with Crippen molar-refractivity contribution in [2.24, 2.45) is 0 Å². The largest absolute Gasteiger partial charge is 0.480 e. The number of nitrogens with one attached hydrogen (secondary N) is 1. The summed E-state index contributed by atoms with van der Waals surface area (Å²) in [5.74, 6) is -0.271. The van der Waals surface area contributed by atoms with E-state index in [-0.39, 0.29) is 17.2 Å². The second kappa shape index (κ2) is 11.1. The number of rotatable bonds is 12. The molecule has 1 N–H and O–H groups in total. The molecule has 2 aliphatic carbocycles. The Balaban J connectivity index is 1.24. The molecule has 0 aromatic carbocycles. The molecule has 3 aromatic heterocycles. The van der Waals surface area contributed by atoms with Crippen LogP contribution in [0.4, 0.5) is 14.7 Å². The van der Waals surface area contributed by atoms with Crippen molar-refractivity contribution in [3.63, 3.8) is 0 Å². The molecule has 2 aliphatic rings. The van der Waals surface area contributed by atoms with Crippen LogP contribution in [0.5, 0.6) is 5.88 Å². The average Bonchev–Trinajstić information content (AvgIpc) is 3.45. The number of methoxy groups -OCH3 is 1. The van der Waals surface area contributed by atoms with E-state index in [2.05, 4.69) is 35.2 Å². The zero-order valence-corrected chi connectivity index (χ0v) is 23.3. The Kier molecular flexibility index (Phi) is 7.77. The van der Waals surface area contributed by atoms with Crippen LogP contribution < -0.4 is 10.1 Å². The number of hydrogen-bond donors (Lipinski definition) is 1. The molecule has 0 amide bonds. The first-order valence-electron chi connectivity index (χ1n) is 14.0. The van der Waals surface area contributed by atoms with E-state index >= 15 is 0 Å². The highest BCUT2D eigenvalue weighted by atomic mass is 19.3. The Morgan fingerprint density at radius 2 is 1.82 bits per heavy atom. The first-order valence-corrected chi connectivity index (χ1v) is 14.0. The highest BCUT2D eigenvalue weighted by Crippen LogP contribution is 2.46. The van der Waals surface area contributed by atoms with Gasteiger partial charge in [-0.3, -0.25) is 0 Å². The summed E-state index contributed by atoms with van der Waals surface area (Å²) in [6.45, 7) is 5.68. The number of unbranched alkanes of at least 4 members (excludes halogenated alkanes) is 1. The molecule has 2 fully saturated rings. The molecule has 11 heteroatoms. The molecular formula is C28H38F2N8O. The maximum Gasteiger partial charge on any atom is 0.288 e. The van der Waals surface area contributed by atoms with Crippen molar-refractivity contribution in [3.8, 4) is 17.3 Å². The van der Waals surface area contributed by atoms with E-state index in [1.807, 2.05) is 18.4 Å². The van der Waals surface area contributed by atoms with Gasteiger partial charge in [0.15, 0.2) is 5.82 Å². The highest BCUT2D eigenvalue weighted by molar-refractivity contribution is 5.66. The number of nitrogens with zero attached hydrogens (tertiary/aromatic N) is 7. The van der Waals surface area contributed by atoms with E-state index in [9.17, 15) is 8.78 Å². The van der Waals surface area contributed by atoms with Gasteiger partial charge in [0, 0.05) is 37.0 Å². The van der Waals surface area contributed by atoms with Gasteiger partial charge in [0.1, 0.15) is 29.7 Å². The molecule has 3 aromatic rings. The third-order valence-electron chi connectivity index (χ3n) is 7.93. The Morgan fingerprint density at radius 3 is 2.49 bits per heavy atom. The van der Waals surface area contributed by atoms with Crippen LogP contribution in [0, 0.1) is 0 Å². The van der Waals surface area contributed by atoms with Crippen molar-refractivity contribution in [2.75, 3.05) is 19.0 Å². The van der Waals surface area contributed by atoms with Crippen molar-refractivity contribution in [1.29, 1.82) is 0 Å². The van der Waals surface area contributed by atoms with Gasteiger partial charge in [-0.05, 0) is 52.4 Å². The standard InChI is InChI=1S/C28H38F2N8O/c1-18(2)38-15-20(27(3,29)30)36-25(38)28(11-5-6-12-28)13-7-8-14-31-26-35-17-33-23(37-26)21-22(19-9-10-19)32-16-34-24(21)39-4/h15-19H,5-14H2,1-4H3,(H,31,33,35,37). The zero-order chi connectivity index (χ0) is 27.6. The van der Waals surface area contributed by atoms with Crippen molar-refractivity contribution in [3.05, 3.63) is 36.1 Å². The Bertz CT molecular complexity index is 1280. The number of anilines is 1. The monoisotopic (exact) mass is 540 g/mol. The highest BCUT2D eigenvalue weighted by Gasteiger charge is 2.41. The summed E-state index contributed by atoms with van der Waals surface area (Å²) in [7, 11) is 1.59. The van der Waals surface area contributed by atoms with E-state index < -0.39 is 5.92 Å². The molecule has 0 saturated heterocycles. The number of ether oxygens (including phenoxy) is 1. The number of alkyl halides is 2. The summed E-state index contributed by atoms with van der Waals surface area (Å²) in [6.07, 6.45) is 13.7. The lowest BCUT2D eigenvalue weighted by atomic mass is 9.80. The predicted molar refractivity (Wildman–Crippen MR) is 144 cm³/mol. The number of imidazole rings is 1. The molecule has 0 spiro atoms. The summed E-state index contributed by atoms with van der Waals surface area (Å²) < 4.78 is 35.8. The summed E-state index contributed by atoms with van der Waals surface area (Å²) in [6, 6.07) is 0.0786. The molecule has 9 nitrogen and oxygen atoms in total. The first-order chi connectivity index (χ1) is 18.7. The van der Waals surface area contributed by atoms with E-state index in [1.54, 1.807) is 13.3 Å². The molecule has 0 bridgehead atoms. The lowest BCUT2D eigenvalue weighted by Gasteiger charge is -2.30. The molecule has 0 radical (unpaired) electrons. The third-order valence-corrected chi connectivity index (χ3v) is 7.93. The maximum atomic E-state index is 14.2. The van der Waals surface area contributed by atoms with Crippen molar-refractivity contribution >= 4 is 5.95 Å². The van der Waals surface area contributed by atoms with Crippen LogP contribution in [0.25, 0.3) is 11.4 Å².